The summed E-state index contributed by atoms with van der Waals surface area (Å²) in [5.74, 6) is -3.21. The molecule has 1 aliphatic rings. The number of thiophene rings is 1. The fourth-order valence-electron chi connectivity index (χ4n) is 3.09. The number of esters is 1. The zero-order valence-corrected chi connectivity index (χ0v) is 15.4. The highest BCUT2D eigenvalue weighted by atomic mass is 32.1. The zero-order chi connectivity index (χ0) is 18.6. The van der Waals surface area contributed by atoms with E-state index in [2.05, 4.69) is 5.32 Å². The number of nitrogens with one attached hydrogen (secondary N) is 1. The lowest BCUT2D eigenvalue weighted by atomic mass is 9.82. The van der Waals surface area contributed by atoms with Crippen LogP contribution in [0.2, 0.25) is 0 Å². The third-order valence-electron chi connectivity index (χ3n) is 4.37. The van der Waals surface area contributed by atoms with Gasteiger partial charge in [0, 0.05) is 4.88 Å². The molecular formula is C18H23NO5S. The van der Waals surface area contributed by atoms with Gasteiger partial charge in [-0.3, -0.25) is 9.59 Å². The molecule has 0 aromatic carbocycles. The number of carboxylic acids is 1. The van der Waals surface area contributed by atoms with Crippen LogP contribution in [0.3, 0.4) is 0 Å². The van der Waals surface area contributed by atoms with Crippen molar-refractivity contribution >= 4 is 34.2 Å². The quantitative estimate of drug-likeness (QED) is 0.595. The Morgan fingerprint density at radius 1 is 1.24 bits per heavy atom. The van der Waals surface area contributed by atoms with Crippen LogP contribution in [-0.2, 0) is 20.7 Å². The van der Waals surface area contributed by atoms with Crippen molar-refractivity contribution in [3.63, 3.8) is 0 Å². The fraction of sp³-hybridized carbons (Fsp3) is 0.500. The molecule has 2 rings (SSSR count). The van der Waals surface area contributed by atoms with Crippen LogP contribution in [0.15, 0.2) is 12.2 Å². The minimum atomic E-state index is -0.980. The highest BCUT2D eigenvalue weighted by molar-refractivity contribution is 7.16. The average molecular weight is 365 g/mol. The summed E-state index contributed by atoms with van der Waals surface area (Å²) < 4.78 is 5.12. The number of rotatable bonds is 6. The summed E-state index contributed by atoms with van der Waals surface area (Å²) in [6, 6.07) is 0. The van der Waals surface area contributed by atoms with Gasteiger partial charge in [0.2, 0.25) is 5.91 Å². The molecule has 1 amide bonds. The van der Waals surface area contributed by atoms with Crippen LogP contribution >= 0.6 is 11.3 Å². The molecule has 1 aliphatic carbocycles. The monoisotopic (exact) mass is 365 g/mol. The van der Waals surface area contributed by atoms with Crippen LogP contribution in [0.1, 0.15) is 47.5 Å². The van der Waals surface area contributed by atoms with E-state index in [9.17, 15) is 19.5 Å². The Balaban J connectivity index is 2.30. The second kappa shape index (κ2) is 8.29. The molecule has 2 N–H and O–H groups in total. The lowest BCUT2D eigenvalue weighted by molar-refractivity contribution is -0.146. The van der Waals surface area contributed by atoms with Gasteiger partial charge < -0.3 is 15.2 Å². The number of aliphatic carboxylic acids is 1. The summed E-state index contributed by atoms with van der Waals surface area (Å²) in [6.45, 7) is 5.81. The fourth-order valence-corrected chi connectivity index (χ4v) is 4.23. The third-order valence-corrected chi connectivity index (χ3v) is 5.43. The minimum absolute atomic E-state index is 0.249. The van der Waals surface area contributed by atoms with E-state index in [1.54, 1.807) is 13.0 Å². The Morgan fingerprint density at radius 3 is 2.44 bits per heavy atom. The molecule has 0 unspecified atom stereocenters. The Hall–Kier alpha value is -2.15. The van der Waals surface area contributed by atoms with Gasteiger partial charge in [-0.15, -0.1) is 11.3 Å². The molecule has 0 aliphatic heterocycles. The predicted molar refractivity (Wildman–Crippen MR) is 96.0 cm³/mol. The number of anilines is 1. The van der Waals surface area contributed by atoms with Gasteiger partial charge >= 0.3 is 11.9 Å². The molecule has 0 fully saturated rings. The molecular weight excluding hydrogens is 342 g/mol. The first kappa shape index (κ1) is 19.2. The van der Waals surface area contributed by atoms with Gasteiger partial charge in [0.1, 0.15) is 5.00 Å². The number of hydrogen-bond acceptors (Lipinski definition) is 5. The highest BCUT2D eigenvalue weighted by Gasteiger charge is 2.35. The molecule has 2 atom stereocenters. The molecule has 7 heteroatoms. The van der Waals surface area contributed by atoms with Gasteiger partial charge in [0.05, 0.1) is 24.0 Å². The number of carboxylic acid groups (broad SMARTS) is 1. The van der Waals surface area contributed by atoms with E-state index in [0.29, 0.717) is 29.8 Å². The predicted octanol–water partition coefficient (Wildman–Crippen LogP) is 3.40. The molecule has 136 valence electrons. The number of hydrogen-bond donors (Lipinski definition) is 2. The van der Waals surface area contributed by atoms with E-state index in [1.165, 1.54) is 11.3 Å². The number of carbonyl (C=O) groups is 3. The second-order valence-corrected chi connectivity index (χ2v) is 7.12. The number of allylic oxidation sites excluding steroid dienone is 2. The van der Waals surface area contributed by atoms with Crippen molar-refractivity contribution in [3.05, 3.63) is 28.2 Å². The standard InChI is InChI=1S/C18H23NO5S/c1-4-11-10(3)25-16(14(11)18(23)24-5-2)19-15(20)12-8-6-7-9-13(12)17(21)22/h6-7,12-13H,4-5,8-9H2,1-3H3,(H,19,20)(H,21,22)/t12-,13+/m1/s1. The summed E-state index contributed by atoms with van der Waals surface area (Å²) in [5, 5.41) is 12.6. The maximum absolute atomic E-state index is 12.7. The molecule has 0 spiro atoms. The van der Waals surface area contributed by atoms with Crippen molar-refractivity contribution in [1.29, 1.82) is 0 Å². The van der Waals surface area contributed by atoms with Gasteiger partial charge in [0.25, 0.3) is 0 Å². The van der Waals surface area contributed by atoms with Crippen LogP contribution in [0.5, 0.6) is 0 Å². The summed E-state index contributed by atoms with van der Waals surface area (Å²) in [5.41, 5.74) is 1.25. The highest BCUT2D eigenvalue weighted by Crippen LogP contribution is 2.35. The van der Waals surface area contributed by atoms with E-state index < -0.39 is 23.8 Å². The molecule has 6 nitrogen and oxygen atoms in total. The molecule has 1 aromatic rings. The van der Waals surface area contributed by atoms with Crippen molar-refractivity contribution in [1.82, 2.24) is 0 Å². The number of amides is 1. The maximum Gasteiger partial charge on any atom is 0.341 e. The first-order valence-electron chi connectivity index (χ1n) is 8.38. The zero-order valence-electron chi connectivity index (χ0n) is 14.6. The van der Waals surface area contributed by atoms with Gasteiger partial charge in [-0.2, -0.15) is 0 Å². The minimum Gasteiger partial charge on any atom is -0.481 e. The lowest BCUT2D eigenvalue weighted by Gasteiger charge is -2.24. The normalized spacial score (nSPS) is 19.5. The van der Waals surface area contributed by atoms with E-state index in [0.717, 1.165) is 10.4 Å². The third kappa shape index (κ3) is 4.10. The van der Waals surface area contributed by atoms with Gasteiger partial charge in [0.15, 0.2) is 0 Å². The van der Waals surface area contributed by atoms with Crippen molar-refractivity contribution in [2.24, 2.45) is 11.8 Å². The van der Waals surface area contributed by atoms with Gasteiger partial charge in [-0.25, -0.2) is 4.79 Å². The van der Waals surface area contributed by atoms with E-state index in [-0.39, 0.29) is 12.5 Å². The van der Waals surface area contributed by atoms with Crippen molar-refractivity contribution in [2.45, 2.75) is 40.0 Å². The molecule has 0 radical (unpaired) electrons. The van der Waals surface area contributed by atoms with E-state index in [4.69, 9.17) is 4.74 Å². The van der Waals surface area contributed by atoms with Crippen LogP contribution in [0, 0.1) is 18.8 Å². The molecule has 1 aromatic heterocycles. The van der Waals surface area contributed by atoms with Crippen molar-refractivity contribution in [2.75, 3.05) is 11.9 Å². The van der Waals surface area contributed by atoms with Gasteiger partial charge in [-0.1, -0.05) is 19.1 Å². The van der Waals surface area contributed by atoms with E-state index >= 15 is 0 Å². The summed E-state index contributed by atoms with van der Waals surface area (Å²) in [7, 11) is 0. The van der Waals surface area contributed by atoms with Crippen LogP contribution in [0.4, 0.5) is 5.00 Å². The van der Waals surface area contributed by atoms with Crippen molar-refractivity contribution in [3.8, 4) is 0 Å². The van der Waals surface area contributed by atoms with E-state index in [1.807, 2.05) is 19.9 Å². The maximum atomic E-state index is 12.7. The second-order valence-electron chi connectivity index (χ2n) is 5.90. The van der Waals surface area contributed by atoms with Gasteiger partial charge in [-0.05, 0) is 38.7 Å². The largest absolute Gasteiger partial charge is 0.481 e. The summed E-state index contributed by atoms with van der Waals surface area (Å²) in [6.07, 6.45) is 4.98. The molecule has 0 saturated heterocycles. The average Bonchev–Trinajstić information content (AvgIpc) is 2.90. The first-order valence-corrected chi connectivity index (χ1v) is 9.20. The lowest BCUT2D eigenvalue weighted by Crippen LogP contribution is -2.34. The molecule has 0 saturated carbocycles. The van der Waals surface area contributed by atoms with Crippen molar-refractivity contribution < 1.29 is 24.2 Å². The van der Waals surface area contributed by atoms with Crippen LogP contribution < -0.4 is 5.32 Å². The Kier molecular flexibility index (Phi) is 6.36. The summed E-state index contributed by atoms with van der Waals surface area (Å²) in [4.78, 5) is 37.3. The molecule has 0 bridgehead atoms. The Morgan fingerprint density at radius 2 is 1.88 bits per heavy atom. The van der Waals surface area contributed by atoms with Crippen LogP contribution in [-0.4, -0.2) is 29.6 Å². The summed E-state index contributed by atoms with van der Waals surface area (Å²) >= 11 is 1.32. The number of aryl methyl sites for hydroxylation is 1. The Labute approximate surface area is 150 Å². The van der Waals surface area contributed by atoms with Crippen LogP contribution in [0.25, 0.3) is 0 Å². The topological polar surface area (TPSA) is 92.7 Å². The number of ether oxygens (including phenoxy) is 1. The Bertz CT molecular complexity index is 707. The number of carbonyl (C=O) groups excluding carboxylic acids is 2. The first-order chi connectivity index (χ1) is 11.9. The molecule has 25 heavy (non-hydrogen) atoms. The SMILES string of the molecule is CCOC(=O)c1c(NC(=O)[C@@H]2CC=CC[C@@H]2C(=O)O)sc(C)c1CC. The molecule has 1 heterocycles. The smallest absolute Gasteiger partial charge is 0.341 e.